The van der Waals surface area contributed by atoms with E-state index in [1.54, 1.807) is 29.2 Å². The van der Waals surface area contributed by atoms with Crippen LogP contribution in [0.15, 0.2) is 30.3 Å². The van der Waals surface area contributed by atoms with Gasteiger partial charge in [0.05, 0.1) is 17.1 Å². The number of likely N-dealkylation sites (tertiary alicyclic amines) is 1. The lowest BCUT2D eigenvalue weighted by atomic mass is 10.00. The number of piperidine rings is 2. The van der Waals surface area contributed by atoms with Gasteiger partial charge in [-0.25, -0.2) is 4.39 Å². The minimum absolute atomic E-state index is 0.0467. The Morgan fingerprint density at radius 1 is 1.10 bits per heavy atom. The zero-order valence-corrected chi connectivity index (χ0v) is 22.9. The molecule has 2 aromatic carbocycles. The van der Waals surface area contributed by atoms with E-state index in [9.17, 15) is 19.2 Å². The number of amides is 4. The largest absolute Gasteiger partial charge is 0.326 e. The molecular weight excluding hydrogens is 535 g/mol. The summed E-state index contributed by atoms with van der Waals surface area (Å²) in [6, 6.07) is 7.44. The number of carbonyl (C=O) groups excluding carboxylic acids is 4. The molecule has 2 bridgehead atoms. The van der Waals surface area contributed by atoms with Gasteiger partial charge in [0, 0.05) is 48.8 Å². The molecule has 4 heterocycles. The highest BCUT2D eigenvalue weighted by Gasteiger charge is 2.45. The van der Waals surface area contributed by atoms with E-state index in [0.29, 0.717) is 40.8 Å². The fourth-order valence-corrected chi connectivity index (χ4v) is 7.81. The highest BCUT2D eigenvalue weighted by molar-refractivity contribution is 6.30. The van der Waals surface area contributed by atoms with Crippen LogP contribution in [0.3, 0.4) is 0 Å². The number of nitrogens with one attached hydrogen (secondary N) is 1. The summed E-state index contributed by atoms with van der Waals surface area (Å²) in [5, 5.41) is 2.37. The first-order valence-electron chi connectivity index (χ1n) is 14.0. The molecule has 2 unspecified atom stereocenters. The number of hydrogen-bond acceptors (Lipinski definition) is 5. The van der Waals surface area contributed by atoms with Crippen LogP contribution in [0.25, 0.3) is 0 Å². The van der Waals surface area contributed by atoms with E-state index in [0.717, 1.165) is 18.5 Å². The van der Waals surface area contributed by atoms with Crippen LogP contribution in [-0.4, -0.2) is 63.5 Å². The van der Waals surface area contributed by atoms with Crippen molar-refractivity contribution in [3.8, 4) is 0 Å². The van der Waals surface area contributed by atoms with E-state index in [4.69, 9.17) is 11.6 Å². The Labute approximate surface area is 236 Å². The Balaban J connectivity index is 1.18. The van der Waals surface area contributed by atoms with Crippen molar-refractivity contribution in [3.05, 3.63) is 69.0 Å². The zero-order chi connectivity index (χ0) is 27.9. The molecule has 0 aromatic heterocycles. The first-order chi connectivity index (χ1) is 19.2. The molecule has 10 heteroatoms. The summed E-state index contributed by atoms with van der Waals surface area (Å²) in [6.45, 7) is 3.60. The third-order valence-electron chi connectivity index (χ3n) is 9.66. The summed E-state index contributed by atoms with van der Waals surface area (Å²) in [5.74, 6) is -1.12. The minimum atomic E-state index is -0.743. The van der Waals surface area contributed by atoms with E-state index in [-0.39, 0.29) is 48.2 Å². The maximum atomic E-state index is 15.1. The second-order valence-electron chi connectivity index (χ2n) is 11.8. The predicted octanol–water partition coefficient (Wildman–Crippen LogP) is 3.98. The van der Waals surface area contributed by atoms with Gasteiger partial charge in [-0.15, -0.1) is 0 Å². The Morgan fingerprint density at radius 3 is 2.65 bits per heavy atom. The van der Waals surface area contributed by atoms with Crippen LogP contribution in [0.5, 0.6) is 0 Å². The molecule has 1 aliphatic carbocycles. The van der Waals surface area contributed by atoms with Crippen molar-refractivity contribution in [2.45, 2.75) is 69.7 Å². The molecule has 7 rings (SSSR count). The first-order valence-corrected chi connectivity index (χ1v) is 14.4. The van der Waals surface area contributed by atoms with Crippen LogP contribution >= 0.6 is 11.6 Å². The fourth-order valence-electron chi connectivity index (χ4n) is 7.64. The fraction of sp³-hybridized carbons (Fsp3) is 0.467. The SMILES string of the molecule is C[C@@H]1c2cc(C(=O)N3Cc4c(ccc(Cl)c4F)[C@@H]3CN3CC4CCC3C4)ccc2C(=O)N1[C@H]1CCC(=O)NC1=O. The normalized spacial score (nSPS) is 29.3. The van der Waals surface area contributed by atoms with Crippen LogP contribution in [-0.2, 0) is 16.1 Å². The Bertz CT molecular complexity index is 1480. The van der Waals surface area contributed by atoms with Crippen molar-refractivity contribution in [1.29, 1.82) is 0 Å². The lowest BCUT2D eigenvalue weighted by Crippen LogP contribution is -2.53. The lowest BCUT2D eigenvalue weighted by Gasteiger charge is -2.34. The van der Waals surface area contributed by atoms with Gasteiger partial charge in [-0.05, 0) is 73.9 Å². The minimum Gasteiger partial charge on any atom is -0.326 e. The van der Waals surface area contributed by atoms with E-state index in [1.165, 1.54) is 17.7 Å². The van der Waals surface area contributed by atoms with Gasteiger partial charge in [-0.3, -0.25) is 29.4 Å². The van der Waals surface area contributed by atoms with Gasteiger partial charge in [0.1, 0.15) is 11.9 Å². The van der Waals surface area contributed by atoms with E-state index in [1.807, 2.05) is 13.0 Å². The standard InChI is InChI=1S/C30H30ClFN4O4/c1-15-21-11-17(3-5-20(21)30(40)36(15)24-8-9-26(37)33-28(24)38)29(39)35-13-22-19(6-7-23(31)27(22)32)25(35)14-34-12-16-2-4-18(34)10-16/h3,5-7,11,15-16,18,24-25H,2,4,8-10,12-14H2,1H3,(H,33,37,38)/t15-,16?,18?,24+,25+/m1/s1. The molecule has 208 valence electrons. The molecule has 2 saturated heterocycles. The van der Waals surface area contributed by atoms with Crippen LogP contribution in [0.1, 0.15) is 88.5 Å². The smallest absolute Gasteiger partial charge is 0.255 e. The average Bonchev–Trinajstić information content (AvgIpc) is 3.70. The highest BCUT2D eigenvalue weighted by atomic mass is 35.5. The van der Waals surface area contributed by atoms with Crippen molar-refractivity contribution in [1.82, 2.24) is 20.0 Å². The monoisotopic (exact) mass is 564 g/mol. The summed E-state index contributed by atoms with van der Waals surface area (Å²) >= 11 is 6.12. The first kappa shape index (κ1) is 25.7. The highest BCUT2D eigenvalue weighted by Crippen LogP contribution is 2.44. The lowest BCUT2D eigenvalue weighted by molar-refractivity contribution is -0.137. The topological polar surface area (TPSA) is 90.0 Å². The third-order valence-corrected chi connectivity index (χ3v) is 9.96. The third kappa shape index (κ3) is 3.89. The van der Waals surface area contributed by atoms with Gasteiger partial charge in [-0.2, -0.15) is 0 Å². The summed E-state index contributed by atoms with van der Waals surface area (Å²) in [4.78, 5) is 57.2. The number of benzene rings is 2. The second kappa shape index (κ2) is 9.38. The molecule has 5 aliphatic rings. The van der Waals surface area contributed by atoms with Crippen LogP contribution < -0.4 is 5.32 Å². The number of halogens is 2. The molecule has 4 amide bonds. The molecule has 3 fully saturated rings. The molecule has 40 heavy (non-hydrogen) atoms. The van der Waals surface area contributed by atoms with Gasteiger partial charge in [0.15, 0.2) is 0 Å². The van der Waals surface area contributed by atoms with Gasteiger partial charge in [-0.1, -0.05) is 17.7 Å². The van der Waals surface area contributed by atoms with E-state index in [2.05, 4.69) is 10.2 Å². The summed E-state index contributed by atoms with van der Waals surface area (Å²) in [6.07, 6.45) is 4.03. The number of carbonyl (C=O) groups is 4. The number of hydrogen-bond donors (Lipinski definition) is 1. The van der Waals surface area contributed by atoms with Crippen molar-refractivity contribution >= 4 is 35.2 Å². The molecule has 2 aromatic rings. The van der Waals surface area contributed by atoms with E-state index >= 15 is 4.39 Å². The quantitative estimate of drug-likeness (QED) is 0.567. The molecular formula is C30H30ClFN4O4. The molecule has 8 nitrogen and oxygen atoms in total. The summed E-state index contributed by atoms with van der Waals surface area (Å²) in [7, 11) is 0. The van der Waals surface area contributed by atoms with Crippen molar-refractivity contribution in [2.75, 3.05) is 13.1 Å². The predicted molar refractivity (Wildman–Crippen MR) is 144 cm³/mol. The maximum absolute atomic E-state index is 15.1. The Hall–Kier alpha value is -3.30. The molecule has 4 aliphatic heterocycles. The molecule has 1 N–H and O–H groups in total. The van der Waals surface area contributed by atoms with Crippen molar-refractivity contribution in [2.24, 2.45) is 5.92 Å². The van der Waals surface area contributed by atoms with Crippen molar-refractivity contribution in [3.63, 3.8) is 0 Å². The molecule has 0 spiro atoms. The Kier molecular flexibility index (Phi) is 6.02. The second-order valence-corrected chi connectivity index (χ2v) is 12.2. The maximum Gasteiger partial charge on any atom is 0.255 e. The van der Waals surface area contributed by atoms with Gasteiger partial charge < -0.3 is 9.80 Å². The van der Waals surface area contributed by atoms with Crippen LogP contribution in [0.4, 0.5) is 4.39 Å². The van der Waals surface area contributed by atoms with Crippen LogP contribution in [0, 0.1) is 11.7 Å². The van der Waals surface area contributed by atoms with Gasteiger partial charge in [0.25, 0.3) is 11.8 Å². The zero-order valence-electron chi connectivity index (χ0n) is 22.2. The van der Waals surface area contributed by atoms with Crippen molar-refractivity contribution < 1.29 is 23.6 Å². The van der Waals surface area contributed by atoms with E-state index < -0.39 is 23.8 Å². The Morgan fingerprint density at radius 2 is 1.93 bits per heavy atom. The molecule has 1 saturated carbocycles. The number of rotatable bonds is 4. The summed E-state index contributed by atoms with van der Waals surface area (Å²) < 4.78 is 15.1. The number of fused-ring (bicyclic) bond motifs is 4. The molecule has 5 atom stereocenters. The van der Waals surface area contributed by atoms with Gasteiger partial charge >= 0.3 is 0 Å². The average molecular weight is 565 g/mol. The summed E-state index contributed by atoms with van der Waals surface area (Å²) in [5.41, 5.74) is 2.78. The number of nitrogens with zero attached hydrogens (tertiary/aromatic N) is 3. The molecule has 0 radical (unpaired) electrons. The van der Waals surface area contributed by atoms with Crippen LogP contribution in [0.2, 0.25) is 5.02 Å². The number of imide groups is 1. The van der Waals surface area contributed by atoms with Gasteiger partial charge in [0.2, 0.25) is 11.8 Å².